The van der Waals surface area contributed by atoms with E-state index >= 15 is 0 Å². The Balaban J connectivity index is 1.90. The molecule has 0 atom stereocenters. The van der Waals surface area contributed by atoms with Gasteiger partial charge in [0.1, 0.15) is 5.82 Å². The molecule has 0 unspecified atom stereocenters. The lowest BCUT2D eigenvalue weighted by atomic mass is 10.2. The highest BCUT2D eigenvalue weighted by Gasteiger charge is 2.00. The predicted octanol–water partition coefficient (Wildman–Crippen LogP) is 3.72. The summed E-state index contributed by atoms with van der Waals surface area (Å²) in [5.74, 6) is -0.179. The molecule has 0 aliphatic carbocycles. The average molecular weight is 341 g/mol. The molecule has 2 aromatic rings. The van der Waals surface area contributed by atoms with Crippen LogP contribution in [0.15, 0.2) is 48.5 Å². The number of rotatable bonds is 4. The first-order chi connectivity index (χ1) is 8.25. The molecule has 0 saturated carbocycles. The molecule has 0 heterocycles. The second-order valence-corrected chi connectivity index (χ2v) is 4.99. The normalized spacial score (nSPS) is 10.5. The SMILES string of the molecule is Fc1ccc(CNCc2ccccc2)c(I)c1. The third-order valence-electron chi connectivity index (χ3n) is 2.50. The first-order valence-electron chi connectivity index (χ1n) is 5.44. The van der Waals surface area contributed by atoms with Gasteiger partial charge in [-0.3, -0.25) is 0 Å². The fourth-order valence-corrected chi connectivity index (χ4v) is 2.27. The topological polar surface area (TPSA) is 12.0 Å². The first-order valence-corrected chi connectivity index (χ1v) is 6.52. The number of hydrogen-bond acceptors (Lipinski definition) is 1. The first kappa shape index (κ1) is 12.5. The lowest BCUT2D eigenvalue weighted by Crippen LogP contribution is -2.13. The summed E-state index contributed by atoms with van der Waals surface area (Å²) in [6.45, 7) is 1.59. The second kappa shape index (κ2) is 6.12. The van der Waals surface area contributed by atoms with Crippen LogP contribution in [-0.4, -0.2) is 0 Å². The summed E-state index contributed by atoms with van der Waals surface area (Å²) in [4.78, 5) is 0. The standard InChI is InChI=1S/C14H13FIN/c15-13-7-6-12(14(16)8-13)10-17-9-11-4-2-1-3-5-11/h1-8,17H,9-10H2. The molecule has 0 saturated heterocycles. The van der Waals surface area contributed by atoms with E-state index in [0.717, 1.165) is 22.2 Å². The van der Waals surface area contributed by atoms with Crippen molar-refractivity contribution in [2.24, 2.45) is 0 Å². The maximum atomic E-state index is 12.9. The molecule has 3 heteroatoms. The van der Waals surface area contributed by atoms with E-state index in [1.54, 1.807) is 6.07 Å². The van der Waals surface area contributed by atoms with Crippen LogP contribution in [0.25, 0.3) is 0 Å². The van der Waals surface area contributed by atoms with Gasteiger partial charge in [0.15, 0.2) is 0 Å². The number of hydrogen-bond donors (Lipinski definition) is 1. The molecule has 0 aromatic heterocycles. The largest absolute Gasteiger partial charge is 0.309 e. The highest BCUT2D eigenvalue weighted by Crippen LogP contribution is 2.13. The minimum Gasteiger partial charge on any atom is -0.309 e. The van der Waals surface area contributed by atoms with E-state index in [0.29, 0.717) is 0 Å². The predicted molar refractivity (Wildman–Crippen MR) is 76.1 cm³/mol. The van der Waals surface area contributed by atoms with Crippen molar-refractivity contribution in [3.05, 3.63) is 69.0 Å². The van der Waals surface area contributed by atoms with Crippen LogP contribution < -0.4 is 5.32 Å². The molecule has 0 radical (unpaired) electrons. The molecular weight excluding hydrogens is 328 g/mol. The maximum absolute atomic E-state index is 12.9. The summed E-state index contributed by atoms with van der Waals surface area (Å²) >= 11 is 2.16. The molecule has 0 spiro atoms. The fraction of sp³-hybridized carbons (Fsp3) is 0.143. The summed E-state index contributed by atoms with van der Waals surface area (Å²) in [6.07, 6.45) is 0. The Labute approximate surface area is 114 Å². The van der Waals surface area contributed by atoms with Crippen LogP contribution in [0.2, 0.25) is 0 Å². The van der Waals surface area contributed by atoms with Crippen LogP contribution in [0.3, 0.4) is 0 Å². The summed E-state index contributed by atoms with van der Waals surface area (Å²) in [5, 5.41) is 3.35. The highest BCUT2D eigenvalue weighted by molar-refractivity contribution is 14.1. The second-order valence-electron chi connectivity index (χ2n) is 3.82. The Hall–Kier alpha value is -0.940. The van der Waals surface area contributed by atoms with Crippen molar-refractivity contribution in [1.82, 2.24) is 5.32 Å². The lowest BCUT2D eigenvalue weighted by Gasteiger charge is -2.07. The molecule has 0 aliphatic heterocycles. The summed E-state index contributed by atoms with van der Waals surface area (Å²) in [6, 6.07) is 15.1. The van der Waals surface area contributed by atoms with Gasteiger partial charge in [0.25, 0.3) is 0 Å². The Morgan fingerprint density at radius 3 is 2.47 bits per heavy atom. The Morgan fingerprint density at radius 2 is 1.76 bits per heavy atom. The van der Waals surface area contributed by atoms with Crippen LogP contribution in [0, 0.1) is 9.39 Å². The van der Waals surface area contributed by atoms with Crippen LogP contribution in [0.1, 0.15) is 11.1 Å². The van der Waals surface area contributed by atoms with Crippen LogP contribution >= 0.6 is 22.6 Å². The van der Waals surface area contributed by atoms with Gasteiger partial charge in [0.05, 0.1) is 0 Å². The van der Waals surface area contributed by atoms with E-state index in [-0.39, 0.29) is 5.82 Å². The van der Waals surface area contributed by atoms with Crippen molar-refractivity contribution < 1.29 is 4.39 Å². The van der Waals surface area contributed by atoms with E-state index in [1.165, 1.54) is 11.6 Å². The Bertz CT molecular complexity index is 485. The fourth-order valence-electron chi connectivity index (χ4n) is 1.60. The van der Waals surface area contributed by atoms with Crippen molar-refractivity contribution in [2.45, 2.75) is 13.1 Å². The monoisotopic (exact) mass is 341 g/mol. The van der Waals surface area contributed by atoms with Crippen LogP contribution in [-0.2, 0) is 13.1 Å². The van der Waals surface area contributed by atoms with Crippen molar-refractivity contribution in [1.29, 1.82) is 0 Å². The third-order valence-corrected chi connectivity index (χ3v) is 3.51. The maximum Gasteiger partial charge on any atom is 0.124 e. The highest BCUT2D eigenvalue weighted by atomic mass is 127. The van der Waals surface area contributed by atoms with Gasteiger partial charge in [-0.25, -0.2) is 4.39 Å². The summed E-state index contributed by atoms with van der Waals surface area (Å²) in [7, 11) is 0. The molecule has 17 heavy (non-hydrogen) atoms. The van der Waals surface area contributed by atoms with Gasteiger partial charge in [0, 0.05) is 16.7 Å². The smallest absolute Gasteiger partial charge is 0.124 e. The molecule has 0 amide bonds. The molecule has 0 fully saturated rings. The van der Waals surface area contributed by atoms with Gasteiger partial charge in [-0.1, -0.05) is 36.4 Å². The zero-order valence-corrected chi connectivity index (χ0v) is 11.4. The number of halogens is 2. The molecule has 2 rings (SSSR count). The molecule has 88 valence electrons. The molecule has 2 aromatic carbocycles. The summed E-state index contributed by atoms with van der Waals surface area (Å²) < 4.78 is 13.9. The van der Waals surface area contributed by atoms with E-state index in [9.17, 15) is 4.39 Å². The zero-order valence-electron chi connectivity index (χ0n) is 9.29. The van der Waals surface area contributed by atoms with Gasteiger partial charge in [-0.05, 0) is 45.9 Å². The quantitative estimate of drug-likeness (QED) is 0.836. The van der Waals surface area contributed by atoms with Crippen molar-refractivity contribution in [2.75, 3.05) is 0 Å². The van der Waals surface area contributed by atoms with Gasteiger partial charge in [-0.15, -0.1) is 0 Å². The lowest BCUT2D eigenvalue weighted by molar-refractivity contribution is 0.623. The number of nitrogens with one attached hydrogen (secondary N) is 1. The Kier molecular flexibility index (Phi) is 4.50. The molecule has 1 nitrogen and oxygen atoms in total. The van der Waals surface area contributed by atoms with Gasteiger partial charge in [-0.2, -0.15) is 0 Å². The number of benzene rings is 2. The molecule has 0 bridgehead atoms. The van der Waals surface area contributed by atoms with Crippen molar-refractivity contribution >= 4 is 22.6 Å². The minimum atomic E-state index is -0.179. The van der Waals surface area contributed by atoms with E-state index in [1.807, 2.05) is 24.3 Å². The van der Waals surface area contributed by atoms with E-state index in [4.69, 9.17) is 0 Å². The van der Waals surface area contributed by atoms with Crippen molar-refractivity contribution in [3.63, 3.8) is 0 Å². The van der Waals surface area contributed by atoms with E-state index in [2.05, 4.69) is 40.0 Å². The minimum absolute atomic E-state index is 0.179. The van der Waals surface area contributed by atoms with Crippen molar-refractivity contribution in [3.8, 4) is 0 Å². The van der Waals surface area contributed by atoms with Gasteiger partial charge >= 0.3 is 0 Å². The summed E-state index contributed by atoms with van der Waals surface area (Å²) in [5.41, 5.74) is 2.38. The third kappa shape index (κ3) is 3.78. The van der Waals surface area contributed by atoms with Crippen LogP contribution in [0.4, 0.5) is 4.39 Å². The molecular formula is C14H13FIN. The van der Waals surface area contributed by atoms with E-state index < -0.39 is 0 Å². The average Bonchev–Trinajstić information content (AvgIpc) is 2.33. The molecule has 1 N–H and O–H groups in total. The molecule has 0 aliphatic rings. The van der Waals surface area contributed by atoms with Crippen LogP contribution in [0.5, 0.6) is 0 Å². The zero-order chi connectivity index (χ0) is 12.1. The van der Waals surface area contributed by atoms with Gasteiger partial charge < -0.3 is 5.32 Å². The Morgan fingerprint density at radius 1 is 1.00 bits per heavy atom. The van der Waals surface area contributed by atoms with Gasteiger partial charge in [0.2, 0.25) is 0 Å².